The molecule has 2 aliphatic heterocycles. The second-order valence-corrected chi connectivity index (χ2v) is 16.6. The molecule has 2 N–H and O–H groups in total. The fourth-order valence-electron chi connectivity index (χ4n) is 8.51. The molecular formula is C38H55KN6O4S. The smallest absolute Gasteiger partial charge is 0.420 e. The monoisotopic (exact) mass is 730 g/mol. The zero-order valence-corrected chi connectivity index (χ0v) is 35.0. The molecule has 2 aliphatic rings. The van der Waals surface area contributed by atoms with E-state index in [1.165, 1.54) is 0 Å². The topological polar surface area (TPSA) is 118 Å². The number of rotatable bonds is 15. The molecule has 3 aromatic rings. The molecule has 0 saturated carbocycles. The Bertz CT molecular complexity index is 1610. The van der Waals surface area contributed by atoms with Crippen LogP contribution >= 0.6 is 0 Å². The maximum atomic E-state index is 13.2. The Balaban J connectivity index is 0.00000562. The number of hydrogen-bond donors (Lipinski definition) is 2. The van der Waals surface area contributed by atoms with Crippen LogP contribution in [0.5, 0.6) is 0 Å². The van der Waals surface area contributed by atoms with E-state index in [4.69, 9.17) is 0 Å². The quantitative estimate of drug-likeness (QED) is 0.183. The van der Waals surface area contributed by atoms with Gasteiger partial charge in [-0.2, -0.15) is 0 Å². The van der Waals surface area contributed by atoms with Gasteiger partial charge in [-0.05, 0) is 113 Å². The van der Waals surface area contributed by atoms with Crippen molar-refractivity contribution in [3.8, 4) is 0 Å². The minimum Gasteiger partial charge on any atom is -0.420 e. The van der Waals surface area contributed by atoms with Gasteiger partial charge in [-0.1, -0.05) is 36.1 Å². The van der Waals surface area contributed by atoms with Crippen molar-refractivity contribution in [1.82, 2.24) is 29.7 Å². The van der Waals surface area contributed by atoms with Gasteiger partial charge in [0, 0.05) is 73.0 Å². The van der Waals surface area contributed by atoms with Crippen molar-refractivity contribution < 1.29 is 69.4 Å². The van der Waals surface area contributed by atoms with Crippen molar-refractivity contribution in [1.29, 1.82) is 0 Å². The molecule has 0 spiro atoms. The first kappa shape index (κ1) is 41.0. The summed E-state index contributed by atoms with van der Waals surface area (Å²) in [7, 11) is -2.30. The summed E-state index contributed by atoms with van der Waals surface area (Å²) in [6, 6.07) is 9.69. The second-order valence-electron chi connectivity index (χ2n) is 15.7. The SMILES string of the molecule is CCC(CC(CC(CC(C)n1ccc(CC(=O)NC2CC(C)(C)NC(C)(C)C2)c1)c1ccc([S-](=O)=O)cc1)N1CCCC1=O)n1ccnc1.[K+]. The first-order chi connectivity index (χ1) is 23.2. The predicted molar refractivity (Wildman–Crippen MR) is 192 cm³/mol. The van der Waals surface area contributed by atoms with Gasteiger partial charge in [0.1, 0.15) is 0 Å². The van der Waals surface area contributed by atoms with Gasteiger partial charge < -0.3 is 33.1 Å². The summed E-state index contributed by atoms with van der Waals surface area (Å²) in [6.45, 7) is 13.9. The van der Waals surface area contributed by atoms with Gasteiger partial charge in [-0.25, -0.2) is 4.98 Å². The molecule has 268 valence electrons. The van der Waals surface area contributed by atoms with Crippen molar-refractivity contribution in [2.45, 2.75) is 145 Å². The minimum absolute atomic E-state index is 0. The molecule has 10 nitrogen and oxygen atoms in total. The number of imidazole rings is 1. The van der Waals surface area contributed by atoms with Crippen LogP contribution in [0.1, 0.15) is 122 Å². The van der Waals surface area contributed by atoms with E-state index in [0.29, 0.717) is 12.8 Å². The Kier molecular flexibility index (Phi) is 14.6. The average Bonchev–Trinajstić information content (AvgIpc) is 3.80. The molecule has 2 fully saturated rings. The van der Waals surface area contributed by atoms with Crippen molar-refractivity contribution in [3.63, 3.8) is 0 Å². The Morgan fingerprint density at radius 1 is 1.00 bits per heavy atom. The van der Waals surface area contributed by atoms with E-state index in [1.54, 1.807) is 18.3 Å². The van der Waals surface area contributed by atoms with Crippen molar-refractivity contribution in [3.05, 3.63) is 72.6 Å². The summed E-state index contributed by atoms with van der Waals surface area (Å²) in [6.07, 6.45) is 16.6. The number of amides is 2. The molecule has 4 atom stereocenters. The largest absolute Gasteiger partial charge is 1.00 e. The fourth-order valence-corrected chi connectivity index (χ4v) is 8.87. The normalized spacial score (nSPS) is 19.9. The molecule has 4 unspecified atom stereocenters. The van der Waals surface area contributed by atoms with E-state index in [-0.39, 0.29) is 109 Å². The van der Waals surface area contributed by atoms with Gasteiger partial charge in [0.2, 0.25) is 11.8 Å². The standard InChI is InChI=1S/C38H55N6O4S.K/c1-7-32(43-18-15-39-26-43)22-33(44-16-8-9-36(44)46)21-30(29-10-12-34(13-11-29)49(47)48)19-27(2)42-17-14-28(25-42)20-35(45)40-31-23-37(3,4)41-38(5,6)24-31;/h10-15,17-18,25-27,30-33,41H,7-9,16,19-24H2,1-6H3,(H,40,45);/q-1;+1. The van der Waals surface area contributed by atoms with Gasteiger partial charge in [-0.15, -0.1) is 0 Å². The number of likely N-dealkylation sites (tertiary alicyclic amines) is 1. The number of hydrogen-bond acceptors (Lipinski definition) is 7. The summed E-state index contributed by atoms with van der Waals surface area (Å²) in [5.74, 6) is 0.321. The number of aromatic nitrogens is 3. The molecule has 4 heterocycles. The number of nitrogens with zero attached hydrogens (tertiary/aromatic N) is 4. The zero-order valence-electron chi connectivity index (χ0n) is 31.1. The Labute approximate surface area is 342 Å². The molecule has 2 saturated heterocycles. The van der Waals surface area contributed by atoms with E-state index >= 15 is 0 Å². The summed E-state index contributed by atoms with van der Waals surface area (Å²) in [4.78, 5) is 32.9. The van der Waals surface area contributed by atoms with Gasteiger partial charge in [0.05, 0.1) is 12.7 Å². The first-order valence-corrected chi connectivity index (χ1v) is 19.0. The minimum atomic E-state index is -2.30. The average molecular weight is 731 g/mol. The first-order valence-electron chi connectivity index (χ1n) is 17.9. The van der Waals surface area contributed by atoms with E-state index in [1.807, 2.05) is 30.7 Å². The molecule has 2 amide bonds. The van der Waals surface area contributed by atoms with E-state index in [0.717, 1.165) is 62.6 Å². The molecule has 0 bridgehead atoms. The maximum absolute atomic E-state index is 13.2. The van der Waals surface area contributed by atoms with Crippen LogP contribution in [0.25, 0.3) is 0 Å². The molecule has 12 heteroatoms. The van der Waals surface area contributed by atoms with Crippen LogP contribution < -0.4 is 62.0 Å². The van der Waals surface area contributed by atoms with Crippen molar-refractivity contribution >= 4 is 22.5 Å². The van der Waals surface area contributed by atoms with Gasteiger partial charge in [0.15, 0.2) is 0 Å². The van der Waals surface area contributed by atoms with Crippen LogP contribution in [-0.2, 0) is 35.1 Å². The Morgan fingerprint density at radius 3 is 2.28 bits per heavy atom. The van der Waals surface area contributed by atoms with Crippen LogP contribution in [-0.4, -0.2) is 60.5 Å². The van der Waals surface area contributed by atoms with Crippen molar-refractivity contribution in [2.75, 3.05) is 6.54 Å². The van der Waals surface area contributed by atoms with Crippen LogP contribution in [0.2, 0.25) is 0 Å². The van der Waals surface area contributed by atoms with Crippen LogP contribution in [0, 0.1) is 0 Å². The molecular weight excluding hydrogens is 676 g/mol. The molecule has 50 heavy (non-hydrogen) atoms. The summed E-state index contributed by atoms with van der Waals surface area (Å²) in [5, 5.41) is 6.97. The molecule has 2 aromatic heterocycles. The molecule has 1 aromatic carbocycles. The second kappa shape index (κ2) is 17.8. The number of nitrogens with one attached hydrogen (secondary N) is 2. The number of benzene rings is 1. The molecule has 0 radical (unpaired) electrons. The summed E-state index contributed by atoms with van der Waals surface area (Å²) in [5.41, 5.74) is 1.95. The summed E-state index contributed by atoms with van der Waals surface area (Å²) >= 11 is 0. The fraction of sp³-hybridized carbons (Fsp3) is 0.605. The Morgan fingerprint density at radius 2 is 1.70 bits per heavy atom. The zero-order chi connectivity index (χ0) is 35.3. The van der Waals surface area contributed by atoms with E-state index < -0.39 is 10.7 Å². The van der Waals surface area contributed by atoms with Crippen LogP contribution in [0.4, 0.5) is 0 Å². The third-order valence-electron chi connectivity index (χ3n) is 10.4. The maximum Gasteiger partial charge on any atom is 1.00 e. The third-order valence-corrected chi connectivity index (χ3v) is 11.1. The number of piperidine rings is 1. The van der Waals surface area contributed by atoms with E-state index in [9.17, 15) is 18.0 Å². The van der Waals surface area contributed by atoms with Gasteiger partial charge in [0.25, 0.3) is 0 Å². The predicted octanol–water partition coefficient (Wildman–Crippen LogP) is 3.48. The summed E-state index contributed by atoms with van der Waals surface area (Å²) < 4.78 is 27.7. The van der Waals surface area contributed by atoms with Gasteiger partial charge >= 0.3 is 51.4 Å². The van der Waals surface area contributed by atoms with Crippen molar-refractivity contribution in [2.24, 2.45) is 0 Å². The van der Waals surface area contributed by atoms with Gasteiger partial charge in [-0.3, -0.25) is 9.59 Å². The Hall–Kier alpha value is -1.80. The number of carbonyl (C=O) groups excluding carboxylic acids is 2. The molecule has 5 rings (SSSR count). The number of carbonyl (C=O) groups is 2. The van der Waals surface area contributed by atoms with Crippen LogP contribution in [0.15, 0.2) is 66.3 Å². The third kappa shape index (κ3) is 11.1. The molecule has 0 aliphatic carbocycles. The van der Waals surface area contributed by atoms with Crippen LogP contribution in [0.3, 0.4) is 0 Å². The van der Waals surface area contributed by atoms with E-state index in [2.05, 4.69) is 83.6 Å².